The Morgan fingerprint density at radius 3 is 2.77 bits per heavy atom. The Balaban J connectivity index is 2.84. The van der Waals surface area contributed by atoms with Gasteiger partial charge in [0, 0.05) is 5.92 Å². The summed E-state index contributed by atoms with van der Waals surface area (Å²) in [7, 11) is 0. The Hall–Kier alpha value is -0.850. The molecule has 1 aliphatic rings. The van der Waals surface area contributed by atoms with Gasteiger partial charge in [0.1, 0.15) is 6.29 Å². The van der Waals surface area contributed by atoms with Crippen LogP contribution in [0.15, 0.2) is 23.8 Å². The molecule has 0 saturated heterocycles. The summed E-state index contributed by atoms with van der Waals surface area (Å²) >= 11 is 0. The molecule has 0 fully saturated rings. The Labute approximate surface area is 80.5 Å². The minimum atomic E-state index is 0.255. The van der Waals surface area contributed by atoms with Gasteiger partial charge in [-0.25, -0.2) is 0 Å². The molecule has 72 valence electrons. The maximum Gasteiger partial charge on any atom is 0.146 e. The zero-order valence-corrected chi connectivity index (χ0v) is 8.76. The third-order valence-corrected chi connectivity index (χ3v) is 3.01. The lowest BCUT2D eigenvalue weighted by molar-refractivity contribution is -0.105. The molecule has 0 amide bonds. The number of allylic oxidation sites excluding steroid dienone is 3. The molecule has 1 aliphatic carbocycles. The molecule has 0 N–H and O–H groups in total. The highest BCUT2D eigenvalue weighted by molar-refractivity contribution is 5.74. The highest BCUT2D eigenvalue weighted by Crippen LogP contribution is 2.44. The van der Waals surface area contributed by atoms with Crippen molar-refractivity contribution in [3.8, 4) is 0 Å². The minimum absolute atomic E-state index is 0.255. The van der Waals surface area contributed by atoms with Gasteiger partial charge in [-0.15, -0.1) is 0 Å². The van der Waals surface area contributed by atoms with Crippen LogP contribution in [0.2, 0.25) is 0 Å². The third kappa shape index (κ3) is 1.90. The Kier molecular flexibility index (Phi) is 2.74. The fourth-order valence-corrected chi connectivity index (χ4v) is 2.13. The van der Waals surface area contributed by atoms with Gasteiger partial charge >= 0.3 is 0 Å². The van der Waals surface area contributed by atoms with Crippen LogP contribution in [-0.4, -0.2) is 6.29 Å². The summed E-state index contributed by atoms with van der Waals surface area (Å²) in [6.45, 7) is 10.4. The van der Waals surface area contributed by atoms with Gasteiger partial charge in [0.05, 0.1) is 0 Å². The number of carbonyl (C=O) groups is 1. The Morgan fingerprint density at radius 1 is 1.77 bits per heavy atom. The summed E-state index contributed by atoms with van der Waals surface area (Å²) < 4.78 is 0. The van der Waals surface area contributed by atoms with Gasteiger partial charge in [0.15, 0.2) is 0 Å². The molecule has 0 saturated carbocycles. The summed E-state index contributed by atoms with van der Waals surface area (Å²) in [5.41, 5.74) is 2.43. The average molecular weight is 178 g/mol. The lowest BCUT2D eigenvalue weighted by Crippen LogP contribution is -2.11. The molecule has 0 bridgehead atoms. The third-order valence-electron chi connectivity index (χ3n) is 3.01. The molecule has 13 heavy (non-hydrogen) atoms. The van der Waals surface area contributed by atoms with E-state index >= 15 is 0 Å². The predicted octanol–water partition coefficient (Wildman–Crippen LogP) is 3.12. The van der Waals surface area contributed by atoms with E-state index in [0.29, 0.717) is 0 Å². The molecule has 0 heterocycles. The zero-order valence-electron chi connectivity index (χ0n) is 8.76. The molecular formula is C12H18O. The lowest BCUT2D eigenvalue weighted by atomic mass is 9.82. The van der Waals surface area contributed by atoms with Crippen LogP contribution in [0.25, 0.3) is 0 Å². The maximum atomic E-state index is 10.6. The van der Waals surface area contributed by atoms with E-state index in [1.54, 1.807) is 0 Å². The number of hydrogen-bond acceptors (Lipinski definition) is 1. The molecule has 0 spiro atoms. The number of aldehydes is 1. The van der Waals surface area contributed by atoms with Gasteiger partial charge in [-0.2, -0.15) is 0 Å². The number of carbonyl (C=O) groups excluding carboxylic acids is 1. The van der Waals surface area contributed by atoms with Gasteiger partial charge in [-0.1, -0.05) is 39.0 Å². The van der Waals surface area contributed by atoms with Crippen LogP contribution in [-0.2, 0) is 4.79 Å². The van der Waals surface area contributed by atoms with Crippen LogP contribution in [0, 0.1) is 11.3 Å². The molecule has 0 aliphatic heterocycles. The average Bonchev–Trinajstić information content (AvgIpc) is 2.39. The van der Waals surface area contributed by atoms with Crippen molar-refractivity contribution in [2.45, 2.75) is 33.6 Å². The van der Waals surface area contributed by atoms with Crippen LogP contribution < -0.4 is 0 Å². The van der Waals surface area contributed by atoms with Crippen LogP contribution >= 0.6 is 0 Å². The highest BCUT2D eigenvalue weighted by Gasteiger charge is 2.32. The molecule has 0 radical (unpaired) electrons. The van der Waals surface area contributed by atoms with Crippen molar-refractivity contribution < 1.29 is 4.79 Å². The second kappa shape index (κ2) is 3.49. The van der Waals surface area contributed by atoms with E-state index in [1.807, 2.05) is 0 Å². The second-order valence-electron chi connectivity index (χ2n) is 4.43. The summed E-state index contributed by atoms with van der Waals surface area (Å²) in [5.74, 6) is 0.280. The normalized spacial score (nSPS) is 25.5. The predicted molar refractivity (Wildman–Crippen MR) is 55.5 cm³/mol. The van der Waals surface area contributed by atoms with E-state index in [-0.39, 0.29) is 11.3 Å². The fourth-order valence-electron chi connectivity index (χ4n) is 2.13. The quantitative estimate of drug-likeness (QED) is 0.368. The summed E-state index contributed by atoms with van der Waals surface area (Å²) in [5, 5.41) is 0. The molecule has 0 aromatic carbocycles. The number of rotatable bonds is 3. The van der Waals surface area contributed by atoms with Gasteiger partial charge in [-0.3, -0.25) is 4.79 Å². The molecule has 1 atom stereocenters. The largest absolute Gasteiger partial charge is 0.298 e. The van der Waals surface area contributed by atoms with E-state index in [9.17, 15) is 4.79 Å². The van der Waals surface area contributed by atoms with Gasteiger partial charge in [0.2, 0.25) is 0 Å². The van der Waals surface area contributed by atoms with Crippen molar-refractivity contribution in [3.05, 3.63) is 23.8 Å². The minimum Gasteiger partial charge on any atom is -0.298 e. The standard InChI is InChI=1S/C12H18O/c1-5-11-6-10(9(2)8-13)7-12(11,3)4/h6,8,10H,2,5,7H2,1,3-4H3. The van der Waals surface area contributed by atoms with E-state index in [2.05, 4.69) is 33.4 Å². The van der Waals surface area contributed by atoms with Crippen LogP contribution in [0.3, 0.4) is 0 Å². The maximum absolute atomic E-state index is 10.6. The van der Waals surface area contributed by atoms with Crippen molar-refractivity contribution in [2.75, 3.05) is 0 Å². The van der Waals surface area contributed by atoms with Crippen LogP contribution in [0.1, 0.15) is 33.6 Å². The Morgan fingerprint density at radius 2 is 2.38 bits per heavy atom. The summed E-state index contributed by atoms with van der Waals surface area (Å²) in [4.78, 5) is 10.6. The van der Waals surface area contributed by atoms with E-state index in [0.717, 1.165) is 24.7 Å². The van der Waals surface area contributed by atoms with E-state index in [1.165, 1.54) is 5.57 Å². The Bertz CT molecular complexity index is 258. The number of hydrogen-bond donors (Lipinski definition) is 0. The lowest BCUT2D eigenvalue weighted by Gasteiger charge is -2.22. The van der Waals surface area contributed by atoms with Crippen molar-refractivity contribution in [3.63, 3.8) is 0 Å². The van der Waals surface area contributed by atoms with Gasteiger partial charge < -0.3 is 0 Å². The smallest absolute Gasteiger partial charge is 0.146 e. The van der Waals surface area contributed by atoms with Crippen molar-refractivity contribution in [1.29, 1.82) is 0 Å². The first-order valence-corrected chi connectivity index (χ1v) is 4.86. The molecule has 0 aromatic rings. The summed E-state index contributed by atoms with van der Waals surface area (Å²) in [6, 6.07) is 0. The highest BCUT2D eigenvalue weighted by atomic mass is 16.1. The first kappa shape index (κ1) is 10.2. The van der Waals surface area contributed by atoms with E-state index < -0.39 is 0 Å². The van der Waals surface area contributed by atoms with E-state index in [4.69, 9.17) is 0 Å². The SMILES string of the molecule is C=C(C=O)C1C=C(CC)C(C)(C)C1. The monoisotopic (exact) mass is 178 g/mol. The molecular weight excluding hydrogens is 160 g/mol. The first-order chi connectivity index (χ1) is 6.01. The second-order valence-corrected chi connectivity index (χ2v) is 4.43. The van der Waals surface area contributed by atoms with Gasteiger partial charge in [-0.05, 0) is 23.8 Å². The van der Waals surface area contributed by atoms with Crippen LogP contribution in [0.5, 0.6) is 0 Å². The zero-order chi connectivity index (χ0) is 10.1. The van der Waals surface area contributed by atoms with Crippen molar-refractivity contribution in [1.82, 2.24) is 0 Å². The van der Waals surface area contributed by atoms with Crippen LogP contribution in [0.4, 0.5) is 0 Å². The summed E-state index contributed by atoms with van der Waals surface area (Å²) in [6.07, 6.45) is 5.22. The molecule has 1 rings (SSSR count). The van der Waals surface area contributed by atoms with Crippen molar-refractivity contribution in [2.24, 2.45) is 11.3 Å². The molecule has 1 unspecified atom stereocenters. The first-order valence-electron chi connectivity index (χ1n) is 4.86. The molecule has 0 aromatic heterocycles. The van der Waals surface area contributed by atoms with Gasteiger partial charge in [0.25, 0.3) is 0 Å². The van der Waals surface area contributed by atoms with Crippen molar-refractivity contribution >= 4 is 6.29 Å². The molecule has 1 nitrogen and oxygen atoms in total. The topological polar surface area (TPSA) is 17.1 Å². The molecule has 1 heteroatoms. The fraction of sp³-hybridized carbons (Fsp3) is 0.583.